The smallest absolute Gasteiger partial charge is 0.211 e. The Hall–Kier alpha value is -1.35. The Kier molecular flexibility index (Phi) is 3.29. The first-order valence-electron chi connectivity index (χ1n) is 3.80. The van der Waals surface area contributed by atoms with Crippen LogP contribution in [-0.4, -0.2) is 18.0 Å². The topological polar surface area (TPSA) is 46.3 Å². The number of rotatable bonds is 4. The van der Waals surface area contributed by atoms with Gasteiger partial charge in [0.25, 0.3) is 0 Å². The fourth-order valence-corrected chi connectivity index (χ4v) is 0.963. The van der Waals surface area contributed by atoms with Gasteiger partial charge in [-0.1, -0.05) is 30.3 Å². The zero-order valence-corrected chi connectivity index (χ0v) is 6.81. The van der Waals surface area contributed by atoms with Gasteiger partial charge in [-0.2, -0.15) is 0 Å². The van der Waals surface area contributed by atoms with Crippen LogP contribution in [0, 0.1) is 0 Å². The molecule has 1 aromatic carbocycles. The van der Waals surface area contributed by atoms with Crippen LogP contribution in [0.15, 0.2) is 30.3 Å². The van der Waals surface area contributed by atoms with E-state index in [2.05, 4.69) is 0 Å². The lowest BCUT2D eigenvalue weighted by Gasteiger charge is -2.13. The second-order valence-electron chi connectivity index (χ2n) is 2.52. The zero-order valence-electron chi connectivity index (χ0n) is 6.81. The molecule has 0 fully saturated rings. The van der Waals surface area contributed by atoms with E-state index in [0.29, 0.717) is 6.54 Å². The number of nitrogens with two attached hydrogens (primary N) is 1. The highest BCUT2D eigenvalue weighted by Gasteiger charge is 1.98. The highest BCUT2D eigenvalue weighted by atomic mass is 16.1. The Balaban J connectivity index is 2.56. The van der Waals surface area contributed by atoms with Gasteiger partial charge < -0.3 is 10.6 Å². The molecule has 0 bridgehead atoms. The van der Waals surface area contributed by atoms with E-state index < -0.39 is 0 Å². The average molecular weight is 164 g/mol. The van der Waals surface area contributed by atoms with Crippen LogP contribution in [0.2, 0.25) is 0 Å². The van der Waals surface area contributed by atoms with Gasteiger partial charge in [-0.25, -0.2) is 0 Å². The maximum atomic E-state index is 10.4. The van der Waals surface area contributed by atoms with Gasteiger partial charge in [0.15, 0.2) is 0 Å². The third kappa shape index (κ3) is 2.36. The number of carbonyl (C=O) groups excluding carboxylic acids is 1. The van der Waals surface area contributed by atoms with Gasteiger partial charge in [-0.15, -0.1) is 0 Å². The summed E-state index contributed by atoms with van der Waals surface area (Å²) in [5.74, 6) is 0. The lowest BCUT2D eigenvalue weighted by Crippen LogP contribution is -2.27. The van der Waals surface area contributed by atoms with Crippen LogP contribution in [0.25, 0.3) is 0 Å². The summed E-state index contributed by atoms with van der Waals surface area (Å²) in [5, 5.41) is 0. The minimum absolute atomic E-state index is 0.262. The lowest BCUT2D eigenvalue weighted by molar-refractivity contribution is -0.118. The van der Waals surface area contributed by atoms with Crippen LogP contribution >= 0.6 is 0 Å². The molecule has 1 amide bonds. The minimum Gasteiger partial charge on any atom is -0.328 e. The summed E-state index contributed by atoms with van der Waals surface area (Å²) < 4.78 is 0. The first-order valence-corrected chi connectivity index (χ1v) is 3.80. The maximum absolute atomic E-state index is 10.4. The molecule has 3 heteroatoms. The Morgan fingerprint density at radius 2 is 2.00 bits per heavy atom. The third-order valence-corrected chi connectivity index (χ3v) is 1.61. The molecule has 0 aliphatic heterocycles. The molecule has 0 radical (unpaired) electrons. The Labute approximate surface area is 71.8 Å². The number of carbonyl (C=O) groups is 1. The first-order chi connectivity index (χ1) is 5.86. The number of benzene rings is 1. The van der Waals surface area contributed by atoms with Crippen molar-refractivity contribution < 1.29 is 4.79 Å². The zero-order chi connectivity index (χ0) is 8.81. The summed E-state index contributed by atoms with van der Waals surface area (Å²) in [7, 11) is 0. The molecule has 1 aromatic rings. The molecule has 0 saturated heterocycles. The Morgan fingerprint density at radius 3 is 2.50 bits per heavy atom. The van der Waals surface area contributed by atoms with Crippen LogP contribution in [0.4, 0.5) is 0 Å². The fraction of sp³-hybridized carbons (Fsp3) is 0.222. The second-order valence-corrected chi connectivity index (χ2v) is 2.52. The molecule has 64 valence electrons. The SMILES string of the molecule is NCN(C=O)Cc1ccccc1. The molecule has 0 unspecified atom stereocenters. The van der Waals surface area contributed by atoms with Crippen LogP contribution in [-0.2, 0) is 11.3 Å². The van der Waals surface area contributed by atoms with E-state index in [0.717, 1.165) is 12.0 Å². The van der Waals surface area contributed by atoms with Crippen molar-refractivity contribution in [1.29, 1.82) is 0 Å². The summed E-state index contributed by atoms with van der Waals surface area (Å²) >= 11 is 0. The van der Waals surface area contributed by atoms with Gasteiger partial charge in [0, 0.05) is 6.54 Å². The van der Waals surface area contributed by atoms with Gasteiger partial charge in [-0.3, -0.25) is 4.79 Å². The predicted octanol–water partition coefficient (Wildman–Crippen LogP) is 0.561. The lowest BCUT2D eigenvalue weighted by atomic mass is 10.2. The molecule has 0 saturated carbocycles. The molecule has 0 aliphatic rings. The highest BCUT2D eigenvalue weighted by molar-refractivity contribution is 5.47. The molecule has 0 heterocycles. The van der Waals surface area contributed by atoms with Gasteiger partial charge in [0.05, 0.1) is 6.67 Å². The van der Waals surface area contributed by atoms with Crippen LogP contribution in [0.3, 0.4) is 0 Å². The van der Waals surface area contributed by atoms with Crippen LogP contribution in [0.5, 0.6) is 0 Å². The van der Waals surface area contributed by atoms with Crippen molar-refractivity contribution in [3.8, 4) is 0 Å². The normalized spacial score (nSPS) is 9.42. The number of hydrogen-bond donors (Lipinski definition) is 1. The number of nitrogens with zero attached hydrogens (tertiary/aromatic N) is 1. The van der Waals surface area contributed by atoms with E-state index >= 15 is 0 Å². The average Bonchev–Trinajstić information content (AvgIpc) is 2.16. The van der Waals surface area contributed by atoms with Crippen molar-refractivity contribution in [3.63, 3.8) is 0 Å². The van der Waals surface area contributed by atoms with Crippen molar-refractivity contribution >= 4 is 6.41 Å². The molecule has 3 nitrogen and oxygen atoms in total. The van der Waals surface area contributed by atoms with E-state index in [-0.39, 0.29) is 6.67 Å². The summed E-state index contributed by atoms with van der Waals surface area (Å²) in [6.45, 7) is 0.846. The van der Waals surface area contributed by atoms with Crippen molar-refractivity contribution in [2.75, 3.05) is 6.67 Å². The van der Waals surface area contributed by atoms with Crippen molar-refractivity contribution in [2.24, 2.45) is 5.73 Å². The first kappa shape index (κ1) is 8.74. The Bertz CT molecular complexity index is 236. The summed E-state index contributed by atoms with van der Waals surface area (Å²) in [6, 6.07) is 9.75. The van der Waals surface area contributed by atoms with Crippen molar-refractivity contribution in [3.05, 3.63) is 35.9 Å². The quantitative estimate of drug-likeness (QED) is 0.522. The highest BCUT2D eigenvalue weighted by Crippen LogP contribution is 2.00. The van der Waals surface area contributed by atoms with E-state index in [1.54, 1.807) is 0 Å². The molecule has 0 spiro atoms. The molecule has 0 atom stereocenters. The van der Waals surface area contributed by atoms with Gasteiger partial charge in [0.1, 0.15) is 0 Å². The van der Waals surface area contributed by atoms with Gasteiger partial charge in [0.2, 0.25) is 6.41 Å². The monoisotopic (exact) mass is 164 g/mol. The van der Waals surface area contributed by atoms with Crippen molar-refractivity contribution in [2.45, 2.75) is 6.54 Å². The predicted molar refractivity (Wildman–Crippen MR) is 47.1 cm³/mol. The molecule has 0 aliphatic carbocycles. The third-order valence-electron chi connectivity index (χ3n) is 1.61. The van der Waals surface area contributed by atoms with Gasteiger partial charge >= 0.3 is 0 Å². The minimum atomic E-state index is 0.262. The number of hydrogen-bond acceptors (Lipinski definition) is 2. The molecular formula is C9H12N2O. The largest absolute Gasteiger partial charge is 0.328 e. The van der Waals surface area contributed by atoms with Crippen molar-refractivity contribution in [1.82, 2.24) is 4.90 Å². The van der Waals surface area contributed by atoms with E-state index in [9.17, 15) is 4.79 Å². The maximum Gasteiger partial charge on any atom is 0.211 e. The summed E-state index contributed by atoms with van der Waals surface area (Å²) in [6.07, 6.45) is 0.757. The second kappa shape index (κ2) is 4.51. The molecule has 1 rings (SSSR count). The van der Waals surface area contributed by atoms with Gasteiger partial charge in [-0.05, 0) is 5.56 Å². The Morgan fingerprint density at radius 1 is 1.33 bits per heavy atom. The van der Waals surface area contributed by atoms with Crippen LogP contribution in [0.1, 0.15) is 5.56 Å². The standard InChI is InChI=1S/C9H12N2O/c10-7-11(8-12)6-9-4-2-1-3-5-9/h1-5,8H,6-7,10H2. The molecule has 0 aromatic heterocycles. The molecular weight excluding hydrogens is 152 g/mol. The van der Waals surface area contributed by atoms with E-state index in [1.807, 2.05) is 30.3 Å². The van der Waals surface area contributed by atoms with Crippen LogP contribution < -0.4 is 5.73 Å². The molecule has 2 N–H and O–H groups in total. The summed E-state index contributed by atoms with van der Waals surface area (Å²) in [4.78, 5) is 11.9. The van der Waals surface area contributed by atoms with E-state index in [1.165, 1.54) is 4.90 Å². The fourth-order valence-electron chi connectivity index (χ4n) is 0.963. The number of amides is 1. The molecule has 12 heavy (non-hydrogen) atoms. The van der Waals surface area contributed by atoms with E-state index in [4.69, 9.17) is 5.73 Å². The summed E-state index contributed by atoms with van der Waals surface area (Å²) in [5.41, 5.74) is 6.42.